The van der Waals surface area contributed by atoms with Crippen LogP contribution in [-0.2, 0) is 0 Å². The average molecular weight is 367 g/mol. The number of carbonyl (C=O) groups is 1. The predicted octanol–water partition coefficient (Wildman–Crippen LogP) is 4.03. The van der Waals surface area contributed by atoms with Crippen molar-refractivity contribution < 1.29 is 4.79 Å². The lowest BCUT2D eigenvalue weighted by molar-refractivity contribution is 0.0637. The van der Waals surface area contributed by atoms with Crippen LogP contribution in [0.25, 0.3) is 0 Å². The number of aromatic nitrogens is 1. The van der Waals surface area contributed by atoms with Gasteiger partial charge in [0.2, 0.25) is 0 Å². The number of anilines is 2. The van der Waals surface area contributed by atoms with Crippen LogP contribution in [0.5, 0.6) is 0 Å². The van der Waals surface area contributed by atoms with Crippen LogP contribution in [0.1, 0.15) is 48.3 Å². The van der Waals surface area contributed by atoms with Gasteiger partial charge in [-0.25, -0.2) is 0 Å². The molecule has 0 radical (unpaired) electrons. The summed E-state index contributed by atoms with van der Waals surface area (Å²) in [5, 5.41) is 3.52. The van der Waals surface area contributed by atoms with Crippen molar-refractivity contribution in [3.05, 3.63) is 53.3 Å². The number of benzene rings is 1. The van der Waals surface area contributed by atoms with Crippen LogP contribution in [-0.4, -0.2) is 53.4 Å². The van der Waals surface area contributed by atoms with Crippen LogP contribution in [0.2, 0.25) is 0 Å². The fraction of sp³-hybridized carbons (Fsp3) is 0.455. The summed E-state index contributed by atoms with van der Waals surface area (Å²) < 4.78 is 0. The van der Waals surface area contributed by atoms with Gasteiger partial charge in [0, 0.05) is 43.8 Å². The van der Waals surface area contributed by atoms with Gasteiger partial charge in [-0.2, -0.15) is 0 Å². The van der Waals surface area contributed by atoms with Gasteiger partial charge in [0.05, 0.1) is 0 Å². The first-order valence-corrected chi connectivity index (χ1v) is 9.83. The summed E-state index contributed by atoms with van der Waals surface area (Å²) in [4.78, 5) is 21.5. The molecule has 5 heteroatoms. The highest BCUT2D eigenvalue weighted by Crippen LogP contribution is 2.30. The Kier molecular flexibility index (Phi) is 6.11. The fourth-order valence-electron chi connectivity index (χ4n) is 3.54. The molecule has 2 heterocycles. The van der Waals surface area contributed by atoms with Gasteiger partial charge in [0.15, 0.2) is 0 Å². The van der Waals surface area contributed by atoms with E-state index in [2.05, 4.69) is 61.1 Å². The Morgan fingerprint density at radius 3 is 2.59 bits per heavy atom. The minimum absolute atomic E-state index is 0.0169. The van der Waals surface area contributed by atoms with Gasteiger partial charge in [0.25, 0.3) is 5.91 Å². The Labute approximate surface area is 162 Å². The van der Waals surface area contributed by atoms with Gasteiger partial charge in [-0.3, -0.25) is 9.78 Å². The van der Waals surface area contributed by atoms with Crippen molar-refractivity contribution in [2.45, 2.75) is 33.6 Å². The summed E-state index contributed by atoms with van der Waals surface area (Å²) in [6.45, 7) is 13.1. The zero-order valence-electron chi connectivity index (χ0n) is 16.8. The Morgan fingerprint density at radius 2 is 1.93 bits per heavy atom. The highest BCUT2D eigenvalue weighted by molar-refractivity contribution is 5.93. The zero-order chi connectivity index (χ0) is 19.4. The largest absolute Gasteiger partial charge is 0.355 e. The average Bonchev–Trinajstić information content (AvgIpc) is 2.69. The standard InChI is InChI=1S/C22H30N4O/c1-5-25-11-13-26(14-12-25)22(27)20-15-18(9-10-23-20)24-21-17(4)7-6-8-19(21)16(2)3/h6-10,15-16H,5,11-14H2,1-4H3,(H,23,24). The molecule has 0 bridgehead atoms. The lowest BCUT2D eigenvalue weighted by atomic mass is 9.98. The van der Waals surface area contributed by atoms with Crippen LogP contribution in [0.3, 0.4) is 0 Å². The summed E-state index contributed by atoms with van der Waals surface area (Å²) >= 11 is 0. The number of nitrogens with zero attached hydrogens (tertiary/aromatic N) is 3. The zero-order valence-corrected chi connectivity index (χ0v) is 16.8. The smallest absolute Gasteiger partial charge is 0.272 e. The molecule has 0 aliphatic carbocycles. The molecule has 1 amide bonds. The van der Waals surface area contributed by atoms with Crippen LogP contribution in [0.4, 0.5) is 11.4 Å². The molecule has 0 spiro atoms. The van der Waals surface area contributed by atoms with Gasteiger partial charge in [-0.15, -0.1) is 0 Å². The lowest BCUT2D eigenvalue weighted by Gasteiger charge is -2.33. The normalized spacial score (nSPS) is 15.2. The molecule has 0 atom stereocenters. The van der Waals surface area contributed by atoms with Crippen LogP contribution in [0, 0.1) is 6.92 Å². The van der Waals surface area contributed by atoms with E-state index in [-0.39, 0.29) is 5.91 Å². The maximum Gasteiger partial charge on any atom is 0.272 e. The van der Waals surface area contributed by atoms with Gasteiger partial charge in [-0.05, 0) is 42.6 Å². The number of aryl methyl sites for hydroxylation is 1. The van der Waals surface area contributed by atoms with Crippen molar-refractivity contribution in [2.24, 2.45) is 0 Å². The minimum atomic E-state index is 0.0169. The molecule has 5 nitrogen and oxygen atoms in total. The second-order valence-electron chi connectivity index (χ2n) is 7.48. The van der Waals surface area contributed by atoms with E-state index in [1.165, 1.54) is 11.1 Å². The molecular formula is C22H30N4O. The monoisotopic (exact) mass is 366 g/mol. The van der Waals surface area contributed by atoms with Gasteiger partial charge >= 0.3 is 0 Å². The number of amides is 1. The Balaban J connectivity index is 1.78. The number of pyridine rings is 1. The maximum absolute atomic E-state index is 12.9. The van der Waals surface area contributed by atoms with Crippen molar-refractivity contribution in [2.75, 3.05) is 38.0 Å². The molecule has 3 rings (SSSR count). The number of rotatable bonds is 5. The molecule has 1 aliphatic rings. The number of para-hydroxylation sites is 1. The van der Waals surface area contributed by atoms with Gasteiger partial charge in [-0.1, -0.05) is 39.0 Å². The molecule has 1 fully saturated rings. The van der Waals surface area contributed by atoms with Crippen molar-refractivity contribution in [3.63, 3.8) is 0 Å². The second kappa shape index (κ2) is 8.53. The van der Waals surface area contributed by atoms with Crippen LogP contribution < -0.4 is 5.32 Å². The van der Waals surface area contributed by atoms with E-state index >= 15 is 0 Å². The van der Waals surface area contributed by atoms with E-state index in [1.54, 1.807) is 6.20 Å². The second-order valence-corrected chi connectivity index (χ2v) is 7.48. The number of likely N-dealkylation sites (N-methyl/N-ethyl adjacent to an activating group) is 1. The molecule has 27 heavy (non-hydrogen) atoms. The van der Waals surface area contributed by atoms with E-state index in [4.69, 9.17) is 0 Å². The van der Waals surface area contributed by atoms with Crippen molar-refractivity contribution >= 4 is 17.3 Å². The van der Waals surface area contributed by atoms with E-state index in [1.807, 2.05) is 17.0 Å². The molecule has 144 valence electrons. The molecule has 0 unspecified atom stereocenters. The molecule has 1 aliphatic heterocycles. The number of carbonyl (C=O) groups excluding carboxylic acids is 1. The van der Waals surface area contributed by atoms with Gasteiger partial charge in [0.1, 0.15) is 5.69 Å². The van der Waals surface area contributed by atoms with E-state index in [0.29, 0.717) is 11.6 Å². The van der Waals surface area contributed by atoms with Crippen LogP contribution >= 0.6 is 0 Å². The molecule has 1 aromatic heterocycles. The molecular weight excluding hydrogens is 336 g/mol. The Bertz CT molecular complexity index is 795. The van der Waals surface area contributed by atoms with Crippen LogP contribution in [0.15, 0.2) is 36.5 Å². The van der Waals surface area contributed by atoms with Crippen molar-refractivity contribution in [1.29, 1.82) is 0 Å². The van der Waals surface area contributed by atoms with Crippen molar-refractivity contribution in [3.8, 4) is 0 Å². The van der Waals surface area contributed by atoms with E-state index < -0.39 is 0 Å². The molecule has 2 aromatic rings. The van der Waals surface area contributed by atoms with Crippen molar-refractivity contribution in [1.82, 2.24) is 14.8 Å². The minimum Gasteiger partial charge on any atom is -0.355 e. The molecule has 1 aromatic carbocycles. The SMILES string of the molecule is CCN1CCN(C(=O)c2cc(Nc3c(C)cccc3C(C)C)ccn2)CC1. The predicted molar refractivity (Wildman–Crippen MR) is 111 cm³/mol. The first-order chi connectivity index (χ1) is 13.0. The first-order valence-electron chi connectivity index (χ1n) is 9.83. The highest BCUT2D eigenvalue weighted by atomic mass is 16.2. The quantitative estimate of drug-likeness (QED) is 0.868. The summed E-state index contributed by atoms with van der Waals surface area (Å²) in [5.41, 5.74) is 4.99. The maximum atomic E-state index is 12.9. The Morgan fingerprint density at radius 1 is 1.19 bits per heavy atom. The van der Waals surface area contributed by atoms with Gasteiger partial charge < -0.3 is 15.1 Å². The Hall–Kier alpha value is -2.40. The third-order valence-electron chi connectivity index (χ3n) is 5.28. The summed E-state index contributed by atoms with van der Waals surface area (Å²) in [7, 11) is 0. The molecule has 0 saturated carbocycles. The molecule has 1 N–H and O–H groups in total. The first kappa shape index (κ1) is 19.4. The van der Waals surface area contributed by atoms with E-state index in [9.17, 15) is 4.79 Å². The highest BCUT2D eigenvalue weighted by Gasteiger charge is 2.22. The summed E-state index contributed by atoms with van der Waals surface area (Å²) in [6, 6.07) is 10.1. The summed E-state index contributed by atoms with van der Waals surface area (Å²) in [6.07, 6.45) is 1.71. The lowest BCUT2D eigenvalue weighted by Crippen LogP contribution is -2.48. The number of hydrogen-bond donors (Lipinski definition) is 1. The fourth-order valence-corrected chi connectivity index (χ4v) is 3.54. The van der Waals surface area contributed by atoms with E-state index in [0.717, 1.165) is 44.1 Å². The summed E-state index contributed by atoms with van der Waals surface area (Å²) in [5.74, 6) is 0.438. The number of nitrogens with one attached hydrogen (secondary N) is 1. The third kappa shape index (κ3) is 4.48. The number of hydrogen-bond acceptors (Lipinski definition) is 4. The number of piperazine rings is 1. The third-order valence-corrected chi connectivity index (χ3v) is 5.28. The topological polar surface area (TPSA) is 48.5 Å². The molecule has 1 saturated heterocycles.